The Labute approximate surface area is 169 Å². The molecule has 1 N–H and O–H groups in total. The zero-order chi connectivity index (χ0) is 19.3. The third-order valence-electron chi connectivity index (χ3n) is 4.85. The van der Waals surface area contributed by atoms with Crippen molar-refractivity contribution in [2.24, 2.45) is 5.92 Å². The summed E-state index contributed by atoms with van der Waals surface area (Å²) < 4.78 is 0. The Morgan fingerprint density at radius 2 is 1.93 bits per heavy atom. The first-order chi connectivity index (χ1) is 13.7. The third-order valence-corrected chi connectivity index (χ3v) is 5.86. The fourth-order valence-electron chi connectivity index (χ4n) is 3.17. The number of nitrogens with one attached hydrogen (secondary N) is 1. The van der Waals surface area contributed by atoms with Gasteiger partial charge >= 0.3 is 0 Å². The van der Waals surface area contributed by atoms with Gasteiger partial charge in [-0.25, -0.2) is 4.98 Å². The Morgan fingerprint density at radius 3 is 2.61 bits per heavy atom. The molecule has 1 aliphatic carbocycles. The van der Waals surface area contributed by atoms with E-state index < -0.39 is 0 Å². The van der Waals surface area contributed by atoms with Crippen LogP contribution in [-0.4, -0.2) is 15.9 Å². The van der Waals surface area contributed by atoms with E-state index in [-0.39, 0.29) is 11.9 Å². The number of hydrogen-bond acceptors (Lipinski definition) is 4. The second-order valence-electron chi connectivity index (χ2n) is 7.15. The first-order valence-corrected chi connectivity index (χ1v) is 10.5. The summed E-state index contributed by atoms with van der Waals surface area (Å²) in [5, 5.41) is 4.20. The van der Waals surface area contributed by atoms with Crippen LogP contribution in [0.3, 0.4) is 0 Å². The number of carbonyl (C=O) groups excluding carboxylic acids is 1. The number of aryl methyl sites for hydroxylation is 1. The molecule has 28 heavy (non-hydrogen) atoms. The van der Waals surface area contributed by atoms with Crippen LogP contribution >= 0.6 is 11.8 Å². The normalized spacial score (nSPS) is 14.5. The number of rotatable bonds is 7. The standard InChI is InChI=1S/C23H23N3OS/c1-16-5-4-6-20(25-16)22(18-12-13-18)26-23(27)19-10-8-17(9-11-19)15-28-21-7-2-3-14-24-21/h2-11,14,18,22H,12-13,15H2,1H3,(H,26,27). The van der Waals surface area contributed by atoms with Crippen molar-refractivity contribution in [3.05, 3.63) is 89.4 Å². The lowest BCUT2D eigenvalue weighted by Gasteiger charge is -2.18. The lowest BCUT2D eigenvalue weighted by Crippen LogP contribution is -2.30. The van der Waals surface area contributed by atoms with Gasteiger partial charge in [0.05, 0.1) is 16.8 Å². The number of benzene rings is 1. The van der Waals surface area contributed by atoms with Crippen molar-refractivity contribution in [2.45, 2.75) is 36.6 Å². The lowest BCUT2D eigenvalue weighted by atomic mass is 10.1. The molecule has 1 fully saturated rings. The molecule has 0 saturated heterocycles. The molecule has 1 unspecified atom stereocenters. The Balaban J connectivity index is 1.40. The summed E-state index contributed by atoms with van der Waals surface area (Å²) in [6.45, 7) is 1.98. The number of amides is 1. The van der Waals surface area contributed by atoms with Gasteiger partial charge in [0.15, 0.2) is 0 Å². The Bertz CT molecular complexity index is 940. The predicted octanol–water partition coefficient (Wildman–Crippen LogP) is 4.96. The van der Waals surface area contributed by atoms with Crippen LogP contribution in [0.15, 0.2) is 71.9 Å². The lowest BCUT2D eigenvalue weighted by molar-refractivity contribution is 0.0930. The average Bonchev–Trinajstić information content (AvgIpc) is 3.56. The van der Waals surface area contributed by atoms with Crippen LogP contribution in [0.2, 0.25) is 0 Å². The maximum absolute atomic E-state index is 12.8. The predicted molar refractivity (Wildman–Crippen MR) is 112 cm³/mol. The topological polar surface area (TPSA) is 54.9 Å². The SMILES string of the molecule is Cc1cccc(C(NC(=O)c2ccc(CSc3ccccn3)cc2)C2CC2)n1. The number of pyridine rings is 2. The van der Waals surface area contributed by atoms with Gasteiger partial charge in [0.2, 0.25) is 0 Å². The van der Waals surface area contributed by atoms with Crippen LogP contribution in [0.4, 0.5) is 0 Å². The first kappa shape index (κ1) is 18.7. The van der Waals surface area contributed by atoms with Gasteiger partial charge in [-0.1, -0.05) is 24.3 Å². The number of hydrogen-bond donors (Lipinski definition) is 1. The zero-order valence-corrected chi connectivity index (χ0v) is 16.7. The van der Waals surface area contributed by atoms with Crippen LogP contribution in [0.25, 0.3) is 0 Å². The molecule has 0 radical (unpaired) electrons. The van der Waals surface area contributed by atoms with Gasteiger partial charge in [-0.15, -0.1) is 11.8 Å². The van der Waals surface area contributed by atoms with E-state index in [0.29, 0.717) is 11.5 Å². The average molecular weight is 390 g/mol. The largest absolute Gasteiger partial charge is 0.343 e. The van der Waals surface area contributed by atoms with E-state index in [2.05, 4.69) is 15.3 Å². The van der Waals surface area contributed by atoms with E-state index >= 15 is 0 Å². The van der Waals surface area contributed by atoms with Crippen molar-refractivity contribution in [1.82, 2.24) is 15.3 Å². The fraction of sp³-hybridized carbons (Fsp3) is 0.261. The second kappa shape index (κ2) is 8.57. The molecule has 4 nitrogen and oxygen atoms in total. The van der Waals surface area contributed by atoms with Gasteiger partial charge in [-0.3, -0.25) is 9.78 Å². The first-order valence-electron chi connectivity index (χ1n) is 9.56. The molecule has 1 amide bonds. The highest BCUT2D eigenvalue weighted by Gasteiger charge is 2.34. The minimum Gasteiger partial charge on any atom is -0.343 e. The van der Waals surface area contributed by atoms with Crippen LogP contribution in [0, 0.1) is 12.8 Å². The van der Waals surface area contributed by atoms with Crippen molar-refractivity contribution in [3.63, 3.8) is 0 Å². The summed E-state index contributed by atoms with van der Waals surface area (Å²) >= 11 is 1.69. The van der Waals surface area contributed by atoms with Gasteiger partial charge in [-0.05, 0) is 67.6 Å². The summed E-state index contributed by atoms with van der Waals surface area (Å²) in [7, 11) is 0. The Morgan fingerprint density at radius 1 is 1.11 bits per heavy atom. The molecule has 0 aliphatic heterocycles. The smallest absolute Gasteiger partial charge is 0.251 e. The maximum atomic E-state index is 12.8. The molecule has 4 rings (SSSR count). The molecular formula is C23H23N3OS. The van der Waals surface area contributed by atoms with E-state index in [1.54, 1.807) is 18.0 Å². The quantitative estimate of drug-likeness (QED) is 0.581. The fourth-order valence-corrected chi connectivity index (χ4v) is 3.98. The van der Waals surface area contributed by atoms with Gasteiger partial charge < -0.3 is 5.32 Å². The summed E-state index contributed by atoms with van der Waals surface area (Å²) in [4.78, 5) is 21.7. The van der Waals surface area contributed by atoms with Crippen LogP contribution < -0.4 is 5.32 Å². The Kier molecular flexibility index (Phi) is 5.72. The molecular weight excluding hydrogens is 366 g/mol. The van der Waals surface area contributed by atoms with E-state index in [1.165, 1.54) is 5.56 Å². The van der Waals surface area contributed by atoms with Crippen LogP contribution in [0.5, 0.6) is 0 Å². The summed E-state index contributed by atoms with van der Waals surface area (Å²) in [6.07, 6.45) is 4.09. The zero-order valence-electron chi connectivity index (χ0n) is 15.8. The van der Waals surface area contributed by atoms with Crippen molar-refractivity contribution >= 4 is 17.7 Å². The van der Waals surface area contributed by atoms with Crippen molar-refractivity contribution in [3.8, 4) is 0 Å². The molecule has 2 aromatic heterocycles. The van der Waals surface area contributed by atoms with E-state index in [0.717, 1.165) is 35.0 Å². The molecule has 1 saturated carbocycles. The number of aromatic nitrogens is 2. The molecule has 0 bridgehead atoms. The summed E-state index contributed by atoms with van der Waals surface area (Å²) in [5.74, 6) is 1.29. The maximum Gasteiger partial charge on any atom is 0.251 e. The van der Waals surface area contributed by atoms with E-state index in [9.17, 15) is 4.79 Å². The van der Waals surface area contributed by atoms with E-state index in [4.69, 9.17) is 0 Å². The molecule has 2 heterocycles. The molecule has 142 valence electrons. The molecule has 3 aromatic rings. The highest BCUT2D eigenvalue weighted by atomic mass is 32.2. The van der Waals surface area contributed by atoms with Gasteiger partial charge in [0, 0.05) is 23.2 Å². The summed E-state index contributed by atoms with van der Waals surface area (Å²) in [6, 6.07) is 19.7. The Hall–Kier alpha value is -2.66. The van der Waals surface area contributed by atoms with Crippen molar-refractivity contribution < 1.29 is 4.79 Å². The van der Waals surface area contributed by atoms with Gasteiger partial charge in [-0.2, -0.15) is 0 Å². The number of thioether (sulfide) groups is 1. The second-order valence-corrected chi connectivity index (χ2v) is 8.14. The van der Waals surface area contributed by atoms with Crippen molar-refractivity contribution in [1.29, 1.82) is 0 Å². The molecule has 5 heteroatoms. The van der Waals surface area contributed by atoms with Gasteiger partial charge in [0.25, 0.3) is 5.91 Å². The monoisotopic (exact) mass is 389 g/mol. The number of nitrogens with zero attached hydrogens (tertiary/aromatic N) is 2. The van der Waals surface area contributed by atoms with E-state index in [1.807, 2.05) is 67.6 Å². The molecule has 1 atom stereocenters. The minimum atomic E-state index is -0.0378. The van der Waals surface area contributed by atoms with Crippen LogP contribution in [-0.2, 0) is 5.75 Å². The summed E-state index contributed by atoms with van der Waals surface area (Å²) in [5.41, 5.74) is 3.79. The van der Waals surface area contributed by atoms with Gasteiger partial charge in [0.1, 0.15) is 0 Å². The molecule has 1 aromatic carbocycles. The molecule has 0 spiro atoms. The highest BCUT2D eigenvalue weighted by molar-refractivity contribution is 7.98. The molecule has 1 aliphatic rings. The highest BCUT2D eigenvalue weighted by Crippen LogP contribution is 2.40. The minimum absolute atomic E-state index is 0.00760. The van der Waals surface area contributed by atoms with Crippen LogP contribution in [0.1, 0.15) is 46.2 Å². The third kappa shape index (κ3) is 4.78. The van der Waals surface area contributed by atoms with Crippen molar-refractivity contribution in [2.75, 3.05) is 0 Å². The number of carbonyl (C=O) groups is 1.